The predicted octanol–water partition coefficient (Wildman–Crippen LogP) is 1.80. The largest absolute Gasteiger partial charge is 0.481 e. The van der Waals surface area contributed by atoms with Crippen molar-refractivity contribution in [3.8, 4) is 5.75 Å². The number of rotatable bonds is 1. The number of nitrogens with zero attached hydrogens (tertiary/aromatic N) is 1. The molecule has 1 fully saturated rings. The number of β-amino-alcohol motifs (C(OH)–C–C–N with tert-alkyl or cyclic N) is 1. The molecule has 0 spiro atoms. The van der Waals surface area contributed by atoms with Gasteiger partial charge in [-0.3, -0.25) is 0 Å². The highest BCUT2D eigenvalue weighted by Crippen LogP contribution is 2.38. The van der Waals surface area contributed by atoms with Crippen LogP contribution >= 0.6 is 0 Å². The van der Waals surface area contributed by atoms with E-state index in [0.29, 0.717) is 13.0 Å². The van der Waals surface area contributed by atoms with E-state index in [9.17, 15) is 10.2 Å². The normalized spacial score (nSPS) is 27.4. The molecule has 2 N–H and O–H groups in total. The van der Waals surface area contributed by atoms with Crippen LogP contribution in [0.25, 0.3) is 0 Å². The fraction of sp³-hybridized carbons (Fsp3) is 0.467. The van der Waals surface area contributed by atoms with Gasteiger partial charge in [0.25, 0.3) is 5.95 Å². The summed E-state index contributed by atoms with van der Waals surface area (Å²) in [6.45, 7) is 1.64. The molecule has 2 aliphatic heterocycles. The summed E-state index contributed by atoms with van der Waals surface area (Å²) in [4.78, 5) is 2.13. The van der Waals surface area contributed by atoms with E-state index >= 15 is 0 Å². The minimum absolute atomic E-state index is 0.0395. The van der Waals surface area contributed by atoms with Gasteiger partial charge in [-0.2, -0.15) is 0 Å². The first-order chi connectivity index (χ1) is 9.15. The molecule has 0 radical (unpaired) electrons. The number of allylic oxidation sites excluding steroid dienone is 1. The lowest BCUT2D eigenvalue weighted by Gasteiger charge is -2.35. The number of piperidine rings is 1. The zero-order valence-electron chi connectivity index (χ0n) is 11.0. The average Bonchev–Trinajstić information content (AvgIpc) is 2.38. The van der Waals surface area contributed by atoms with Crippen LogP contribution < -0.4 is 4.74 Å². The number of para-hydroxylation sites is 1. The Balaban J connectivity index is 1.94. The Bertz CT molecular complexity index is 512. The Labute approximate surface area is 112 Å². The van der Waals surface area contributed by atoms with E-state index in [1.807, 2.05) is 25.2 Å². The number of likely N-dealkylation sites (tertiary alicyclic amines) is 1. The number of hydrogen-bond acceptors (Lipinski definition) is 4. The molecule has 0 amide bonds. The minimum Gasteiger partial charge on any atom is -0.481 e. The average molecular weight is 261 g/mol. The lowest BCUT2D eigenvalue weighted by molar-refractivity contribution is 0.0622. The van der Waals surface area contributed by atoms with Gasteiger partial charge in [0.15, 0.2) is 0 Å². The van der Waals surface area contributed by atoms with Crippen molar-refractivity contribution in [2.75, 3.05) is 20.1 Å². The fourth-order valence-corrected chi connectivity index (χ4v) is 2.98. The van der Waals surface area contributed by atoms with Crippen molar-refractivity contribution in [2.45, 2.75) is 24.9 Å². The van der Waals surface area contributed by atoms with Gasteiger partial charge >= 0.3 is 0 Å². The summed E-state index contributed by atoms with van der Waals surface area (Å²) in [6.07, 6.45) is 2.86. The van der Waals surface area contributed by atoms with Crippen LogP contribution in [0.4, 0.5) is 0 Å². The highest BCUT2D eigenvalue weighted by molar-refractivity contribution is 5.47. The highest BCUT2D eigenvalue weighted by atomic mass is 16.6. The van der Waals surface area contributed by atoms with Gasteiger partial charge < -0.3 is 19.8 Å². The van der Waals surface area contributed by atoms with Crippen LogP contribution in [0.2, 0.25) is 0 Å². The third kappa shape index (κ3) is 2.33. The third-order valence-corrected chi connectivity index (χ3v) is 4.01. The van der Waals surface area contributed by atoms with E-state index in [0.717, 1.165) is 29.8 Å². The molecule has 2 heterocycles. The molecule has 4 nitrogen and oxygen atoms in total. The molecular formula is C15H19NO3. The predicted molar refractivity (Wildman–Crippen MR) is 72.3 cm³/mol. The van der Waals surface area contributed by atoms with Gasteiger partial charge in [0.2, 0.25) is 0 Å². The summed E-state index contributed by atoms with van der Waals surface area (Å²) in [5.41, 5.74) is 2.08. The number of aliphatic hydroxyl groups excluding tert-OH is 2. The Hall–Kier alpha value is -1.52. The molecule has 0 bridgehead atoms. The van der Waals surface area contributed by atoms with E-state index in [4.69, 9.17) is 4.74 Å². The lowest BCUT2D eigenvalue weighted by atomic mass is 9.85. The van der Waals surface area contributed by atoms with Gasteiger partial charge in [-0.1, -0.05) is 18.2 Å². The molecule has 4 heteroatoms. The summed E-state index contributed by atoms with van der Waals surface area (Å²) in [5, 5.41) is 19.8. The Morgan fingerprint density at radius 3 is 3.00 bits per heavy atom. The maximum Gasteiger partial charge on any atom is 0.278 e. The molecule has 19 heavy (non-hydrogen) atoms. The molecular weight excluding hydrogens is 242 g/mol. The maximum absolute atomic E-state index is 10.3. The molecule has 0 unspecified atom stereocenters. The first-order valence-corrected chi connectivity index (χ1v) is 6.70. The molecule has 1 aromatic rings. The van der Waals surface area contributed by atoms with Gasteiger partial charge in [-0.25, -0.2) is 0 Å². The van der Waals surface area contributed by atoms with Crippen LogP contribution in [0.15, 0.2) is 30.2 Å². The first kappa shape index (κ1) is 12.5. The van der Waals surface area contributed by atoms with Crippen molar-refractivity contribution >= 4 is 0 Å². The SMILES string of the molecule is CN1CC[C@H](c2cccc3c2OC(O)=CC3)[C@H](O)C1. The lowest BCUT2D eigenvalue weighted by Crippen LogP contribution is -2.40. The van der Waals surface area contributed by atoms with Crippen molar-refractivity contribution in [1.29, 1.82) is 0 Å². The van der Waals surface area contributed by atoms with Crippen molar-refractivity contribution in [1.82, 2.24) is 4.90 Å². The molecule has 2 atom stereocenters. The van der Waals surface area contributed by atoms with E-state index in [2.05, 4.69) is 4.90 Å². The minimum atomic E-state index is -0.387. The second kappa shape index (κ2) is 4.87. The van der Waals surface area contributed by atoms with Crippen LogP contribution in [0.3, 0.4) is 0 Å². The molecule has 1 aromatic carbocycles. The molecule has 0 saturated carbocycles. The Morgan fingerprint density at radius 1 is 1.37 bits per heavy atom. The molecule has 102 valence electrons. The summed E-state index contributed by atoms with van der Waals surface area (Å²) in [6, 6.07) is 6.00. The van der Waals surface area contributed by atoms with Gasteiger partial charge in [-0.05, 0) is 25.6 Å². The quantitative estimate of drug-likeness (QED) is 0.809. The maximum atomic E-state index is 10.3. The number of benzene rings is 1. The number of likely N-dealkylation sites (N-methyl/N-ethyl adjacent to an activating group) is 1. The van der Waals surface area contributed by atoms with E-state index in [1.165, 1.54) is 0 Å². The first-order valence-electron chi connectivity index (χ1n) is 6.70. The smallest absolute Gasteiger partial charge is 0.278 e. The van der Waals surface area contributed by atoms with Gasteiger partial charge in [0.1, 0.15) is 5.75 Å². The number of aliphatic hydroxyl groups is 2. The van der Waals surface area contributed by atoms with Crippen molar-refractivity contribution in [2.24, 2.45) is 0 Å². The van der Waals surface area contributed by atoms with Crippen molar-refractivity contribution < 1.29 is 14.9 Å². The van der Waals surface area contributed by atoms with Crippen LogP contribution in [0.5, 0.6) is 5.75 Å². The standard InChI is InChI=1S/C15H19NO3/c1-16-8-7-11(13(17)9-16)12-4-2-3-10-5-6-14(18)19-15(10)12/h2-4,6,11,13,17-18H,5,7-9H2,1H3/t11-,13-/m1/s1. The summed E-state index contributed by atoms with van der Waals surface area (Å²) in [7, 11) is 2.02. The molecule has 1 saturated heterocycles. The third-order valence-electron chi connectivity index (χ3n) is 4.01. The van der Waals surface area contributed by atoms with E-state index in [-0.39, 0.29) is 18.0 Å². The van der Waals surface area contributed by atoms with Crippen LogP contribution in [-0.4, -0.2) is 41.4 Å². The summed E-state index contributed by atoms with van der Waals surface area (Å²) < 4.78 is 5.48. The van der Waals surface area contributed by atoms with Crippen molar-refractivity contribution in [3.05, 3.63) is 41.3 Å². The van der Waals surface area contributed by atoms with Crippen LogP contribution in [-0.2, 0) is 6.42 Å². The topological polar surface area (TPSA) is 52.9 Å². The van der Waals surface area contributed by atoms with E-state index in [1.54, 1.807) is 6.08 Å². The number of fused-ring (bicyclic) bond motifs is 1. The Morgan fingerprint density at radius 2 is 2.21 bits per heavy atom. The molecule has 3 rings (SSSR count). The molecule has 2 aliphatic rings. The zero-order chi connectivity index (χ0) is 13.4. The summed E-state index contributed by atoms with van der Waals surface area (Å²) >= 11 is 0. The second-order valence-corrected chi connectivity index (χ2v) is 5.41. The Kier molecular flexibility index (Phi) is 3.21. The van der Waals surface area contributed by atoms with Crippen LogP contribution in [0.1, 0.15) is 23.5 Å². The fourth-order valence-electron chi connectivity index (χ4n) is 2.98. The summed E-state index contributed by atoms with van der Waals surface area (Å²) in [5.74, 6) is 0.774. The molecule has 0 aliphatic carbocycles. The van der Waals surface area contributed by atoms with Crippen molar-refractivity contribution in [3.63, 3.8) is 0 Å². The van der Waals surface area contributed by atoms with Gasteiger partial charge in [-0.15, -0.1) is 0 Å². The molecule has 0 aromatic heterocycles. The van der Waals surface area contributed by atoms with E-state index < -0.39 is 0 Å². The monoisotopic (exact) mass is 261 g/mol. The van der Waals surface area contributed by atoms with Gasteiger partial charge in [0.05, 0.1) is 6.10 Å². The number of ether oxygens (including phenoxy) is 1. The highest BCUT2D eigenvalue weighted by Gasteiger charge is 2.31. The zero-order valence-corrected chi connectivity index (χ0v) is 11.0. The number of hydrogen-bond donors (Lipinski definition) is 2. The van der Waals surface area contributed by atoms with Gasteiger partial charge in [0, 0.05) is 30.5 Å². The second-order valence-electron chi connectivity index (χ2n) is 5.41. The van der Waals surface area contributed by atoms with Crippen LogP contribution in [0, 0.1) is 0 Å².